The fraction of sp³-hybridized carbons (Fsp3) is 0.222. The van der Waals surface area contributed by atoms with E-state index in [-0.39, 0.29) is 5.91 Å². The number of nitriles is 1. The highest BCUT2D eigenvalue weighted by molar-refractivity contribution is 6.04. The average molecular weight is 294 g/mol. The molecule has 4 nitrogen and oxygen atoms in total. The average Bonchev–Trinajstić information content (AvgIpc) is 2.56. The van der Waals surface area contributed by atoms with Crippen LogP contribution in [0.4, 0.5) is 5.69 Å². The maximum Gasteiger partial charge on any atom is 0.255 e. The van der Waals surface area contributed by atoms with Gasteiger partial charge >= 0.3 is 0 Å². The number of hydrogen-bond acceptors (Lipinski definition) is 3. The number of anilines is 1. The zero-order valence-electron chi connectivity index (χ0n) is 12.5. The zero-order chi connectivity index (χ0) is 15.8. The highest BCUT2D eigenvalue weighted by Crippen LogP contribution is 2.17. The molecule has 0 saturated carbocycles. The molecule has 0 unspecified atom stereocenters. The van der Waals surface area contributed by atoms with Gasteiger partial charge in [0.25, 0.3) is 5.91 Å². The summed E-state index contributed by atoms with van der Waals surface area (Å²) in [7, 11) is 0. The number of rotatable bonds is 6. The summed E-state index contributed by atoms with van der Waals surface area (Å²) in [5.41, 5.74) is 1.62. The lowest BCUT2D eigenvalue weighted by molar-refractivity contribution is 0.102. The van der Waals surface area contributed by atoms with Crippen LogP contribution in [0, 0.1) is 11.3 Å². The predicted octanol–water partition coefficient (Wildman–Crippen LogP) is 3.99. The Balaban J connectivity index is 1.98. The van der Waals surface area contributed by atoms with E-state index in [1.807, 2.05) is 18.2 Å². The molecule has 1 amide bonds. The standard InChI is InChI=1S/C18H18N2O2/c1-2-3-11-22-17-9-7-16(8-10-17)20-18(21)15-6-4-5-14(12-15)13-19/h4-10,12H,2-3,11H2,1H3,(H,20,21). The van der Waals surface area contributed by atoms with Crippen LogP contribution in [0.15, 0.2) is 48.5 Å². The van der Waals surface area contributed by atoms with E-state index in [1.54, 1.807) is 36.4 Å². The number of carbonyl (C=O) groups is 1. The van der Waals surface area contributed by atoms with Crippen molar-refractivity contribution >= 4 is 11.6 Å². The monoisotopic (exact) mass is 294 g/mol. The van der Waals surface area contributed by atoms with Crippen molar-refractivity contribution < 1.29 is 9.53 Å². The summed E-state index contributed by atoms with van der Waals surface area (Å²) >= 11 is 0. The quantitative estimate of drug-likeness (QED) is 0.819. The van der Waals surface area contributed by atoms with Crippen LogP contribution in [-0.4, -0.2) is 12.5 Å². The van der Waals surface area contributed by atoms with Crippen LogP contribution in [0.5, 0.6) is 5.75 Å². The zero-order valence-corrected chi connectivity index (χ0v) is 12.5. The van der Waals surface area contributed by atoms with E-state index >= 15 is 0 Å². The van der Waals surface area contributed by atoms with E-state index in [4.69, 9.17) is 10.00 Å². The second-order valence-electron chi connectivity index (χ2n) is 4.87. The third kappa shape index (κ3) is 4.35. The van der Waals surface area contributed by atoms with E-state index in [1.165, 1.54) is 0 Å². The molecule has 0 aliphatic heterocycles. The Hall–Kier alpha value is -2.80. The summed E-state index contributed by atoms with van der Waals surface area (Å²) in [5.74, 6) is 0.551. The molecule has 4 heteroatoms. The van der Waals surface area contributed by atoms with Gasteiger partial charge in [0.2, 0.25) is 0 Å². The third-order valence-corrected chi connectivity index (χ3v) is 3.13. The lowest BCUT2D eigenvalue weighted by atomic mass is 10.1. The number of amides is 1. The van der Waals surface area contributed by atoms with Gasteiger partial charge in [0.05, 0.1) is 18.2 Å². The SMILES string of the molecule is CCCCOc1ccc(NC(=O)c2cccc(C#N)c2)cc1. The van der Waals surface area contributed by atoms with Crippen molar-refractivity contribution in [2.45, 2.75) is 19.8 Å². The summed E-state index contributed by atoms with van der Waals surface area (Å²) in [6.45, 7) is 2.81. The van der Waals surface area contributed by atoms with Crippen molar-refractivity contribution in [3.05, 3.63) is 59.7 Å². The Bertz CT molecular complexity index is 672. The van der Waals surface area contributed by atoms with Gasteiger partial charge in [-0.1, -0.05) is 19.4 Å². The number of ether oxygens (including phenoxy) is 1. The topological polar surface area (TPSA) is 62.1 Å². The summed E-state index contributed by atoms with van der Waals surface area (Å²) in [6, 6.07) is 15.9. The van der Waals surface area contributed by atoms with Crippen LogP contribution in [0.2, 0.25) is 0 Å². The summed E-state index contributed by atoms with van der Waals surface area (Å²) in [5, 5.41) is 11.7. The molecule has 2 rings (SSSR count). The Labute approximate surface area is 130 Å². The molecule has 0 aliphatic rings. The first-order valence-electron chi connectivity index (χ1n) is 7.27. The smallest absolute Gasteiger partial charge is 0.255 e. The number of carbonyl (C=O) groups excluding carboxylic acids is 1. The molecule has 0 aromatic heterocycles. The van der Waals surface area contributed by atoms with E-state index in [2.05, 4.69) is 12.2 Å². The van der Waals surface area contributed by atoms with E-state index in [0.29, 0.717) is 23.4 Å². The highest BCUT2D eigenvalue weighted by Gasteiger charge is 2.07. The molecular weight excluding hydrogens is 276 g/mol. The van der Waals surface area contributed by atoms with Crippen LogP contribution in [0.1, 0.15) is 35.7 Å². The van der Waals surface area contributed by atoms with Gasteiger partial charge in [-0.25, -0.2) is 0 Å². The molecule has 0 aliphatic carbocycles. The van der Waals surface area contributed by atoms with E-state index < -0.39 is 0 Å². The Morgan fingerprint density at radius 3 is 2.68 bits per heavy atom. The predicted molar refractivity (Wildman–Crippen MR) is 86.0 cm³/mol. The fourth-order valence-electron chi connectivity index (χ4n) is 1.90. The van der Waals surface area contributed by atoms with Crippen LogP contribution in [0.25, 0.3) is 0 Å². The summed E-state index contributed by atoms with van der Waals surface area (Å²) in [4.78, 5) is 12.1. The minimum atomic E-state index is -0.239. The van der Waals surface area contributed by atoms with Crippen LogP contribution < -0.4 is 10.1 Å². The molecule has 2 aromatic carbocycles. The minimum absolute atomic E-state index is 0.239. The first kappa shape index (κ1) is 15.6. The van der Waals surface area contributed by atoms with E-state index in [0.717, 1.165) is 18.6 Å². The van der Waals surface area contributed by atoms with Crippen molar-refractivity contribution in [2.75, 3.05) is 11.9 Å². The number of nitrogens with one attached hydrogen (secondary N) is 1. The second kappa shape index (κ2) is 7.84. The van der Waals surface area contributed by atoms with Gasteiger partial charge in [-0.3, -0.25) is 4.79 Å². The van der Waals surface area contributed by atoms with Gasteiger partial charge in [-0.2, -0.15) is 5.26 Å². The molecule has 0 atom stereocenters. The Morgan fingerprint density at radius 1 is 1.23 bits per heavy atom. The first-order chi connectivity index (χ1) is 10.7. The van der Waals surface area contributed by atoms with Gasteiger partial charge in [0, 0.05) is 11.3 Å². The number of hydrogen-bond donors (Lipinski definition) is 1. The molecule has 0 radical (unpaired) electrons. The number of unbranched alkanes of at least 4 members (excludes halogenated alkanes) is 1. The minimum Gasteiger partial charge on any atom is -0.494 e. The number of nitrogens with zero attached hydrogens (tertiary/aromatic N) is 1. The van der Waals surface area contributed by atoms with Gasteiger partial charge in [-0.05, 0) is 48.9 Å². The Kier molecular flexibility index (Phi) is 5.56. The normalized spacial score (nSPS) is 9.82. The first-order valence-corrected chi connectivity index (χ1v) is 7.27. The molecule has 0 spiro atoms. The van der Waals surface area contributed by atoms with E-state index in [9.17, 15) is 4.79 Å². The largest absolute Gasteiger partial charge is 0.494 e. The maximum absolute atomic E-state index is 12.1. The molecule has 0 bridgehead atoms. The third-order valence-electron chi connectivity index (χ3n) is 3.13. The maximum atomic E-state index is 12.1. The van der Waals surface area contributed by atoms with Gasteiger partial charge in [-0.15, -0.1) is 0 Å². The lowest BCUT2D eigenvalue weighted by Gasteiger charge is -2.08. The van der Waals surface area contributed by atoms with Crippen molar-refractivity contribution in [3.63, 3.8) is 0 Å². The number of benzene rings is 2. The lowest BCUT2D eigenvalue weighted by Crippen LogP contribution is -2.11. The molecular formula is C18H18N2O2. The molecule has 112 valence electrons. The van der Waals surface area contributed by atoms with Crippen LogP contribution in [0.3, 0.4) is 0 Å². The molecule has 2 aromatic rings. The molecule has 0 saturated heterocycles. The van der Waals surface area contributed by atoms with Gasteiger partial charge in [0.15, 0.2) is 0 Å². The van der Waals surface area contributed by atoms with Gasteiger partial charge in [0.1, 0.15) is 5.75 Å². The Morgan fingerprint density at radius 2 is 2.00 bits per heavy atom. The van der Waals surface area contributed by atoms with Crippen molar-refractivity contribution in [3.8, 4) is 11.8 Å². The molecule has 22 heavy (non-hydrogen) atoms. The van der Waals surface area contributed by atoms with Crippen LogP contribution >= 0.6 is 0 Å². The summed E-state index contributed by atoms with van der Waals surface area (Å²) < 4.78 is 5.57. The van der Waals surface area contributed by atoms with Crippen molar-refractivity contribution in [1.29, 1.82) is 5.26 Å². The molecule has 0 fully saturated rings. The summed E-state index contributed by atoms with van der Waals surface area (Å²) in [6.07, 6.45) is 2.11. The fourth-order valence-corrected chi connectivity index (χ4v) is 1.90. The second-order valence-corrected chi connectivity index (χ2v) is 4.87. The highest BCUT2D eigenvalue weighted by atomic mass is 16.5. The molecule has 1 N–H and O–H groups in total. The van der Waals surface area contributed by atoms with Gasteiger partial charge < -0.3 is 10.1 Å². The van der Waals surface area contributed by atoms with Crippen LogP contribution in [-0.2, 0) is 0 Å². The van der Waals surface area contributed by atoms with Crippen molar-refractivity contribution in [1.82, 2.24) is 0 Å². The molecule has 0 heterocycles. The van der Waals surface area contributed by atoms with Crippen molar-refractivity contribution in [2.24, 2.45) is 0 Å².